The second-order valence-corrected chi connectivity index (χ2v) is 10.1. The van der Waals surface area contributed by atoms with E-state index in [1.54, 1.807) is 48.5 Å². The number of phosphoric ester groups is 1. The van der Waals surface area contributed by atoms with E-state index in [1.165, 1.54) is 13.8 Å². The molecule has 1 saturated heterocycles. The summed E-state index contributed by atoms with van der Waals surface area (Å²) in [5.74, 6) is -2.18. The number of benzene rings is 2. The summed E-state index contributed by atoms with van der Waals surface area (Å²) in [5, 5.41) is 0. The van der Waals surface area contributed by atoms with Gasteiger partial charge < -0.3 is 18.9 Å². The predicted octanol–water partition coefficient (Wildman–Crippen LogP) is 4.08. The molecule has 0 spiro atoms. The largest absolute Gasteiger partial charge is 0.477 e. The first kappa shape index (κ1) is 29.5. The standard InChI is InChI=1S/C26H31O11P/c1-17-23(34-18(2)27)24(35-19(3)28)25(36-20(4)29)26(33-17)37-38(30,31-15-21-11-7-5-8-12-21)32-16-22-13-9-6-10-14-22/h5-14,17,23-26H,15-16H2,1-4H3/t17-,23-,24+,25+,26-/m1/s1. The van der Waals surface area contributed by atoms with Gasteiger partial charge in [-0.05, 0) is 18.1 Å². The summed E-state index contributed by atoms with van der Waals surface area (Å²) in [6.45, 7) is 4.71. The Morgan fingerprint density at radius 3 is 1.58 bits per heavy atom. The Bertz CT molecular complexity index is 1080. The summed E-state index contributed by atoms with van der Waals surface area (Å²) in [6.07, 6.45) is -6.42. The van der Waals surface area contributed by atoms with Gasteiger partial charge in [0.05, 0.1) is 19.3 Å². The molecule has 1 aliphatic heterocycles. The van der Waals surface area contributed by atoms with E-state index in [-0.39, 0.29) is 13.2 Å². The zero-order valence-electron chi connectivity index (χ0n) is 21.5. The van der Waals surface area contributed by atoms with Crippen LogP contribution in [0.15, 0.2) is 60.7 Å². The molecular formula is C26H31O11P. The van der Waals surface area contributed by atoms with Crippen molar-refractivity contribution in [1.29, 1.82) is 0 Å². The molecule has 2 aromatic rings. The van der Waals surface area contributed by atoms with Crippen LogP contribution in [0.1, 0.15) is 38.8 Å². The highest BCUT2D eigenvalue weighted by Crippen LogP contribution is 2.53. The average Bonchev–Trinajstić information content (AvgIpc) is 2.87. The van der Waals surface area contributed by atoms with Gasteiger partial charge in [-0.25, -0.2) is 4.57 Å². The fraction of sp³-hybridized carbons (Fsp3) is 0.423. The van der Waals surface area contributed by atoms with Crippen LogP contribution in [0.2, 0.25) is 0 Å². The van der Waals surface area contributed by atoms with Gasteiger partial charge in [0.25, 0.3) is 0 Å². The van der Waals surface area contributed by atoms with Crippen LogP contribution in [-0.4, -0.2) is 48.6 Å². The van der Waals surface area contributed by atoms with E-state index in [0.29, 0.717) is 11.1 Å². The fourth-order valence-electron chi connectivity index (χ4n) is 3.74. The van der Waals surface area contributed by atoms with Crippen LogP contribution >= 0.6 is 7.82 Å². The van der Waals surface area contributed by atoms with Gasteiger partial charge in [-0.15, -0.1) is 0 Å². The normalized spacial score (nSPS) is 23.3. The Kier molecular flexibility index (Phi) is 10.6. The van der Waals surface area contributed by atoms with Crippen LogP contribution in [0.5, 0.6) is 0 Å². The molecule has 206 valence electrons. The van der Waals surface area contributed by atoms with Crippen LogP contribution in [0.25, 0.3) is 0 Å². The minimum atomic E-state index is -4.40. The fourth-order valence-corrected chi connectivity index (χ4v) is 4.97. The molecule has 0 N–H and O–H groups in total. The van der Waals surface area contributed by atoms with Gasteiger partial charge in [-0.2, -0.15) is 0 Å². The smallest absolute Gasteiger partial charge is 0.456 e. The molecule has 1 fully saturated rings. The SMILES string of the molecule is CC(=O)O[C@@H]1[C@H](OC(C)=O)[C@@H](OP(=O)(OCc2ccccc2)OCc2ccccc2)O[C@H](C)[C@H]1OC(C)=O. The summed E-state index contributed by atoms with van der Waals surface area (Å²) in [5.41, 5.74) is 1.39. The molecule has 3 rings (SSSR count). The molecular weight excluding hydrogens is 519 g/mol. The highest BCUT2D eigenvalue weighted by molar-refractivity contribution is 7.48. The lowest BCUT2D eigenvalue weighted by Crippen LogP contribution is -2.61. The molecule has 38 heavy (non-hydrogen) atoms. The van der Waals surface area contributed by atoms with Crippen molar-refractivity contribution in [2.75, 3.05) is 0 Å². The monoisotopic (exact) mass is 550 g/mol. The molecule has 0 bridgehead atoms. The summed E-state index contributed by atoms with van der Waals surface area (Å²) < 4.78 is 52.7. The topological polar surface area (TPSA) is 133 Å². The van der Waals surface area contributed by atoms with E-state index in [2.05, 4.69) is 0 Å². The minimum absolute atomic E-state index is 0.128. The summed E-state index contributed by atoms with van der Waals surface area (Å²) in [7, 11) is -4.40. The average molecular weight is 550 g/mol. The zero-order valence-corrected chi connectivity index (χ0v) is 22.4. The van der Waals surface area contributed by atoms with Crippen molar-refractivity contribution in [3.8, 4) is 0 Å². The van der Waals surface area contributed by atoms with Gasteiger partial charge in [-0.1, -0.05) is 60.7 Å². The third kappa shape index (κ3) is 8.75. The van der Waals surface area contributed by atoms with Crippen LogP contribution in [-0.2, 0) is 64.7 Å². The van der Waals surface area contributed by atoms with E-state index < -0.39 is 56.4 Å². The van der Waals surface area contributed by atoms with Crippen molar-refractivity contribution in [3.63, 3.8) is 0 Å². The summed E-state index contributed by atoms with van der Waals surface area (Å²) >= 11 is 0. The van der Waals surface area contributed by atoms with E-state index in [0.717, 1.165) is 13.8 Å². The van der Waals surface area contributed by atoms with Crippen LogP contribution in [0.3, 0.4) is 0 Å². The molecule has 5 atom stereocenters. The van der Waals surface area contributed by atoms with Crippen molar-refractivity contribution in [2.24, 2.45) is 0 Å². The Hall–Kier alpha value is -3.08. The summed E-state index contributed by atoms with van der Waals surface area (Å²) in [6, 6.07) is 17.9. The van der Waals surface area contributed by atoms with Gasteiger partial charge in [-0.3, -0.25) is 28.0 Å². The molecule has 11 nitrogen and oxygen atoms in total. The van der Waals surface area contributed by atoms with Crippen molar-refractivity contribution < 1.29 is 51.5 Å². The van der Waals surface area contributed by atoms with Gasteiger partial charge in [0, 0.05) is 20.8 Å². The number of ether oxygens (including phenoxy) is 4. The molecule has 1 aliphatic rings. The third-order valence-corrected chi connectivity index (χ3v) is 6.69. The highest BCUT2D eigenvalue weighted by atomic mass is 31.2. The predicted molar refractivity (Wildman–Crippen MR) is 132 cm³/mol. The second kappa shape index (κ2) is 13.6. The Morgan fingerprint density at radius 2 is 1.13 bits per heavy atom. The number of carbonyl (C=O) groups is 3. The molecule has 0 aliphatic carbocycles. The first-order valence-electron chi connectivity index (χ1n) is 11.9. The Morgan fingerprint density at radius 1 is 0.711 bits per heavy atom. The molecule has 1 heterocycles. The molecule has 2 aromatic carbocycles. The van der Waals surface area contributed by atoms with Crippen molar-refractivity contribution in [2.45, 2.75) is 71.6 Å². The van der Waals surface area contributed by atoms with E-state index in [4.69, 9.17) is 32.5 Å². The lowest BCUT2D eigenvalue weighted by Gasteiger charge is -2.43. The van der Waals surface area contributed by atoms with Crippen molar-refractivity contribution in [3.05, 3.63) is 71.8 Å². The number of rotatable bonds is 11. The van der Waals surface area contributed by atoms with E-state index >= 15 is 0 Å². The molecule has 12 heteroatoms. The van der Waals surface area contributed by atoms with Gasteiger partial charge in [0.15, 0.2) is 18.3 Å². The first-order chi connectivity index (χ1) is 18.1. The van der Waals surface area contributed by atoms with Gasteiger partial charge in [0.2, 0.25) is 6.29 Å². The van der Waals surface area contributed by atoms with Crippen molar-refractivity contribution in [1.82, 2.24) is 0 Å². The number of phosphoric acid groups is 1. The summed E-state index contributed by atoms with van der Waals surface area (Å²) in [4.78, 5) is 35.6. The number of carbonyl (C=O) groups excluding carboxylic acids is 3. The van der Waals surface area contributed by atoms with Crippen LogP contribution in [0, 0.1) is 0 Å². The van der Waals surface area contributed by atoms with Crippen molar-refractivity contribution >= 4 is 25.7 Å². The maximum absolute atomic E-state index is 13.9. The minimum Gasteiger partial charge on any atom is -0.456 e. The van der Waals surface area contributed by atoms with Gasteiger partial charge in [0.1, 0.15) is 0 Å². The van der Waals surface area contributed by atoms with E-state index in [1.807, 2.05) is 12.1 Å². The van der Waals surface area contributed by atoms with E-state index in [9.17, 15) is 18.9 Å². The molecule has 0 aromatic heterocycles. The van der Waals surface area contributed by atoms with Crippen LogP contribution in [0.4, 0.5) is 0 Å². The maximum Gasteiger partial charge on any atom is 0.477 e. The van der Waals surface area contributed by atoms with Crippen LogP contribution < -0.4 is 0 Å². The number of esters is 3. The molecule has 0 amide bonds. The lowest BCUT2D eigenvalue weighted by atomic mass is 9.99. The zero-order chi connectivity index (χ0) is 27.7. The lowest BCUT2D eigenvalue weighted by molar-refractivity contribution is -0.284. The molecule has 0 radical (unpaired) electrons. The second-order valence-electron chi connectivity index (χ2n) is 8.50. The molecule has 0 unspecified atom stereocenters. The third-order valence-electron chi connectivity index (χ3n) is 5.33. The Balaban J connectivity index is 1.90. The first-order valence-corrected chi connectivity index (χ1v) is 13.3. The molecule has 0 saturated carbocycles. The number of hydrogen-bond acceptors (Lipinski definition) is 11. The quantitative estimate of drug-likeness (QED) is 0.228. The maximum atomic E-state index is 13.9. The number of hydrogen-bond donors (Lipinski definition) is 0. The van der Waals surface area contributed by atoms with Gasteiger partial charge >= 0.3 is 25.7 Å². The Labute approximate surface area is 220 Å². The highest BCUT2D eigenvalue weighted by Gasteiger charge is 2.53.